The third-order valence-electron chi connectivity index (χ3n) is 2.72. The summed E-state index contributed by atoms with van der Waals surface area (Å²) in [4.78, 5) is 11.0. The van der Waals surface area contributed by atoms with Crippen molar-refractivity contribution in [2.75, 3.05) is 0 Å². The highest BCUT2D eigenvalue weighted by molar-refractivity contribution is 7.88. The summed E-state index contributed by atoms with van der Waals surface area (Å²) in [6.45, 7) is 3.47. The molecule has 0 aliphatic heterocycles. The van der Waals surface area contributed by atoms with Crippen LogP contribution in [0.5, 0.6) is 0 Å². The highest BCUT2D eigenvalue weighted by Crippen LogP contribution is 2.16. The van der Waals surface area contributed by atoms with Crippen LogP contribution in [-0.4, -0.2) is 25.5 Å². The molecule has 0 saturated carbocycles. The van der Waals surface area contributed by atoms with Crippen LogP contribution in [0.1, 0.15) is 25.8 Å². The average Bonchev–Trinajstić information content (AvgIpc) is 2.32. The summed E-state index contributed by atoms with van der Waals surface area (Å²) >= 11 is 0. The van der Waals surface area contributed by atoms with Crippen molar-refractivity contribution in [1.29, 1.82) is 0 Å². The summed E-state index contributed by atoms with van der Waals surface area (Å²) in [5.74, 6) is -4.32. The quantitative estimate of drug-likeness (QED) is 0.803. The van der Waals surface area contributed by atoms with Gasteiger partial charge in [0.15, 0.2) is 0 Å². The smallest absolute Gasteiger partial charge is 0.321 e. The topological polar surface area (TPSA) is 83.5 Å². The zero-order valence-corrected chi connectivity index (χ0v) is 12.5. The number of benzene rings is 1. The summed E-state index contributed by atoms with van der Waals surface area (Å²) in [6.07, 6.45) is 0.0777. The van der Waals surface area contributed by atoms with Crippen LogP contribution in [0.15, 0.2) is 18.2 Å². The van der Waals surface area contributed by atoms with Crippen LogP contribution in [0.4, 0.5) is 8.78 Å². The maximum atomic E-state index is 13.4. The van der Waals surface area contributed by atoms with Crippen molar-refractivity contribution in [1.82, 2.24) is 4.72 Å². The van der Waals surface area contributed by atoms with Gasteiger partial charge in [-0.1, -0.05) is 19.9 Å². The molecule has 1 aromatic rings. The Balaban J connectivity index is 2.93. The molecule has 21 heavy (non-hydrogen) atoms. The molecule has 5 nitrogen and oxygen atoms in total. The van der Waals surface area contributed by atoms with Crippen LogP contribution >= 0.6 is 0 Å². The van der Waals surface area contributed by atoms with Gasteiger partial charge in [-0.05, 0) is 24.5 Å². The predicted molar refractivity (Wildman–Crippen MR) is 73.0 cm³/mol. The second-order valence-corrected chi connectivity index (χ2v) is 6.85. The molecule has 0 bridgehead atoms. The summed E-state index contributed by atoms with van der Waals surface area (Å²) < 4.78 is 52.6. The molecule has 1 atom stereocenters. The highest BCUT2D eigenvalue weighted by atomic mass is 32.2. The molecule has 0 aliphatic rings. The number of carboxylic acids is 1. The summed E-state index contributed by atoms with van der Waals surface area (Å²) in [5, 5.41) is 8.99. The highest BCUT2D eigenvalue weighted by Gasteiger charge is 2.26. The lowest BCUT2D eigenvalue weighted by atomic mass is 10.1. The lowest BCUT2D eigenvalue weighted by Crippen LogP contribution is -2.42. The minimum Gasteiger partial charge on any atom is -0.480 e. The molecule has 118 valence electrons. The van der Waals surface area contributed by atoms with Crippen molar-refractivity contribution in [3.8, 4) is 0 Å². The zero-order chi connectivity index (χ0) is 16.2. The molecular weight excluding hydrogens is 304 g/mol. The molecule has 2 N–H and O–H groups in total. The maximum Gasteiger partial charge on any atom is 0.321 e. The number of hydrogen-bond donors (Lipinski definition) is 2. The number of hydrogen-bond acceptors (Lipinski definition) is 3. The third-order valence-corrected chi connectivity index (χ3v) is 4.04. The van der Waals surface area contributed by atoms with Crippen molar-refractivity contribution in [3.05, 3.63) is 35.4 Å². The van der Waals surface area contributed by atoms with Gasteiger partial charge in [0.25, 0.3) is 0 Å². The largest absolute Gasteiger partial charge is 0.480 e. The lowest BCUT2D eigenvalue weighted by molar-refractivity contribution is -0.139. The minimum absolute atomic E-state index is 0.0565. The molecule has 0 spiro atoms. The van der Waals surface area contributed by atoms with E-state index in [0.717, 1.165) is 18.2 Å². The van der Waals surface area contributed by atoms with Crippen LogP contribution in [0.3, 0.4) is 0 Å². The van der Waals surface area contributed by atoms with Gasteiger partial charge >= 0.3 is 5.97 Å². The van der Waals surface area contributed by atoms with E-state index in [2.05, 4.69) is 0 Å². The molecule has 8 heteroatoms. The standard InChI is InChI=1S/C13H17F2NO4S/c1-8(2)6-12(13(17)18)16-21(19,20)7-9-10(14)4-3-5-11(9)15/h3-5,8,12,16H,6-7H2,1-2H3,(H,17,18)/t12-/m1/s1. The number of carbonyl (C=O) groups is 1. The Morgan fingerprint density at radius 2 is 1.81 bits per heavy atom. The number of carboxylic acid groups (broad SMARTS) is 1. The molecule has 1 rings (SSSR count). The van der Waals surface area contributed by atoms with Crippen molar-refractivity contribution >= 4 is 16.0 Å². The predicted octanol–water partition coefficient (Wildman–Crippen LogP) is 1.88. The van der Waals surface area contributed by atoms with E-state index in [-0.39, 0.29) is 12.3 Å². The first-order chi connectivity index (χ1) is 9.62. The third kappa shape index (κ3) is 5.39. The van der Waals surface area contributed by atoms with Gasteiger partial charge in [-0.2, -0.15) is 0 Å². The number of halogens is 2. The fourth-order valence-corrected chi connectivity index (χ4v) is 3.16. The molecular formula is C13H17F2NO4S. The molecule has 0 heterocycles. The first-order valence-electron chi connectivity index (χ1n) is 6.28. The van der Waals surface area contributed by atoms with Crippen LogP contribution < -0.4 is 4.72 Å². The second kappa shape index (κ2) is 6.95. The van der Waals surface area contributed by atoms with Crippen LogP contribution in [0.2, 0.25) is 0 Å². The number of nitrogens with one attached hydrogen (secondary N) is 1. The van der Waals surface area contributed by atoms with Crippen LogP contribution in [-0.2, 0) is 20.6 Å². The Morgan fingerprint density at radius 1 is 1.29 bits per heavy atom. The van der Waals surface area contributed by atoms with E-state index in [1.165, 1.54) is 0 Å². The van der Waals surface area contributed by atoms with Crippen molar-refractivity contribution in [3.63, 3.8) is 0 Å². The Bertz CT molecular complexity index is 596. The minimum atomic E-state index is -4.18. The SMILES string of the molecule is CC(C)C[C@@H](NS(=O)(=O)Cc1c(F)cccc1F)C(=O)O. The fraction of sp³-hybridized carbons (Fsp3) is 0.462. The molecule has 0 aliphatic carbocycles. The maximum absolute atomic E-state index is 13.4. The van der Waals surface area contributed by atoms with Gasteiger partial charge in [0.05, 0.1) is 5.75 Å². The van der Waals surface area contributed by atoms with Crippen LogP contribution in [0, 0.1) is 17.6 Å². The van der Waals surface area contributed by atoms with E-state index in [1.54, 1.807) is 13.8 Å². The first-order valence-corrected chi connectivity index (χ1v) is 7.93. The monoisotopic (exact) mass is 321 g/mol. The van der Waals surface area contributed by atoms with Gasteiger partial charge in [-0.15, -0.1) is 0 Å². The molecule has 0 amide bonds. The van der Waals surface area contributed by atoms with E-state index >= 15 is 0 Å². The van der Waals surface area contributed by atoms with Crippen LogP contribution in [0.25, 0.3) is 0 Å². The van der Waals surface area contributed by atoms with Gasteiger partial charge in [0.2, 0.25) is 10.0 Å². The molecule has 1 aromatic carbocycles. The van der Waals surface area contributed by atoms with E-state index in [1.807, 2.05) is 4.72 Å². The fourth-order valence-electron chi connectivity index (χ4n) is 1.79. The zero-order valence-electron chi connectivity index (χ0n) is 11.6. The Hall–Kier alpha value is -1.54. The molecule has 0 radical (unpaired) electrons. The summed E-state index contributed by atoms with van der Waals surface area (Å²) in [6, 6.07) is 1.67. The van der Waals surface area contributed by atoms with E-state index < -0.39 is 45.0 Å². The second-order valence-electron chi connectivity index (χ2n) is 5.10. The Morgan fingerprint density at radius 3 is 2.24 bits per heavy atom. The summed E-state index contributed by atoms with van der Waals surface area (Å²) in [7, 11) is -4.18. The van der Waals surface area contributed by atoms with Gasteiger partial charge < -0.3 is 5.11 Å². The van der Waals surface area contributed by atoms with Gasteiger partial charge in [0.1, 0.15) is 17.7 Å². The first kappa shape index (κ1) is 17.5. The van der Waals surface area contributed by atoms with E-state index in [4.69, 9.17) is 5.11 Å². The average molecular weight is 321 g/mol. The van der Waals surface area contributed by atoms with E-state index in [9.17, 15) is 22.0 Å². The van der Waals surface area contributed by atoms with Crippen molar-refractivity contribution in [2.24, 2.45) is 5.92 Å². The van der Waals surface area contributed by atoms with Gasteiger partial charge in [0, 0.05) is 5.56 Å². The Labute approximate surface area is 122 Å². The summed E-state index contributed by atoms with van der Waals surface area (Å²) in [5.41, 5.74) is -0.612. The molecule has 0 fully saturated rings. The molecule has 0 unspecified atom stereocenters. The van der Waals surface area contributed by atoms with Crippen molar-refractivity contribution < 1.29 is 27.1 Å². The normalized spacial score (nSPS) is 13.4. The van der Waals surface area contributed by atoms with Crippen molar-refractivity contribution in [2.45, 2.75) is 32.1 Å². The van der Waals surface area contributed by atoms with E-state index in [0.29, 0.717) is 0 Å². The number of sulfonamides is 1. The lowest BCUT2D eigenvalue weighted by Gasteiger charge is -2.16. The molecule has 0 saturated heterocycles. The Kier molecular flexibility index (Phi) is 5.79. The number of aliphatic carboxylic acids is 1. The van der Waals surface area contributed by atoms with Gasteiger partial charge in [-0.25, -0.2) is 21.9 Å². The number of rotatable bonds is 7. The molecule has 0 aromatic heterocycles. The van der Waals surface area contributed by atoms with Gasteiger partial charge in [-0.3, -0.25) is 4.79 Å².